The van der Waals surface area contributed by atoms with Crippen LogP contribution in [0.5, 0.6) is 0 Å². The first-order chi connectivity index (χ1) is 10.2. The lowest BCUT2D eigenvalue weighted by Gasteiger charge is -1.94. The van der Waals surface area contributed by atoms with Crippen LogP contribution in [0.2, 0.25) is 0 Å². The molecule has 0 saturated carbocycles. The molecule has 21 heavy (non-hydrogen) atoms. The average molecular weight is 301 g/mol. The van der Waals surface area contributed by atoms with Gasteiger partial charge in [-0.2, -0.15) is 0 Å². The van der Waals surface area contributed by atoms with E-state index in [9.17, 15) is 4.79 Å². The number of aryl methyl sites for hydroxylation is 1. The van der Waals surface area contributed by atoms with E-state index in [1.54, 1.807) is 24.8 Å². The third kappa shape index (κ3) is 2.81. The summed E-state index contributed by atoms with van der Waals surface area (Å²) in [5.41, 5.74) is 3.70. The Kier molecular flexibility index (Phi) is 3.72. The van der Waals surface area contributed by atoms with Crippen LogP contribution in [0.25, 0.3) is 10.9 Å². The predicted molar refractivity (Wildman–Crippen MR) is 83.0 cm³/mol. The number of aromatic amines is 1. The highest BCUT2D eigenvalue weighted by Gasteiger charge is 2.14. The van der Waals surface area contributed by atoms with E-state index < -0.39 is 0 Å². The highest BCUT2D eigenvalue weighted by Crippen LogP contribution is 2.27. The smallest absolute Gasteiger partial charge is 0.268 e. The summed E-state index contributed by atoms with van der Waals surface area (Å²) >= 11 is 1.63. The Morgan fingerprint density at radius 1 is 1.38 bits per heavy atom. The van der Waals surface area contributed by atoms with Crippen LogP contribution < -0.4 is 11.3 Å². The molecule has 0 fully saturated rings. The van der Waals surface area contributed by atoms with Crippen molar-refractivity contribution in [2.75, 3.05) is 0 Å². The van der Waals surface area contributed by atoms with Gasteiger partial charge in [0.25, 0.3) is 5.91 Å². The van der Waals surface area contributed by atoms with Crippen LogP contribution in [0, 0.1) is 6.92 Å². The summed E-state index contributed by atoms with van der Waals surface area (Å²) in [5, 5.41) is 2.24. The highest BCUT2D eigenvalue weighted by atomic mass is 32.2. The quantitative estimate of drug-likeness (QED) is 0.299. The summed E-state index contributed by atoms with van der Waals surface area (Å²) < 4.78 is 5.58. The molecule has 1 aromatic carbocycles. The van der Waals surface area contributed by atoms with Crippen molar-refractivity contribution >= 4 is 28.6 Å². The SMILES string of the molecule is Cc1oc(CSc2cc3ccccc3[nH]2)cc1C(=O)NN. The van der Waals surface area contributed by atoms with E-state index >= 15 is 0 Å². The fraction of sp³-hybridized carbons (Fsp3) is 0.133. The topological polar surface area (TPSA) is 84.0 Å². The van der Waals surface area contributed by atoms with E-state index in [0.717, 1.165) is 16.3 Å². The number of carbonyl (C=O) groups excluding carboxylic acids is 1. The molecular formula is C15H15N3O2S. The van der Waals surface area contributed by atoms with E-state index in [2.05, 4.69) is 22.5 Å². The minimum atomic E-state index is -0.335. The second-order valence-electron chi connectivity index (χ2n) is 4.67. The molecule has 2 heterocycles. The van der Waals surface area contributed by atoms with Crippen molar-refractivity contribution in [1.29, 1.82) is 0 Å². The van der Waals surface area contributed by atoms with E-state index in [0.29, 0.717) is 17.1 Å². The number of hydrazine groups is 1. The molecule has 0 unspecified atom stereocenters. The van der Waals surface area contributed by atoms with Gasteiger partial charge in [-0.25, -0.2) is 5.84 Å². The van der Waals surface area contributed by atoms with Crippen LogP contribution in [0.15, 0.2) is 45.8 Å². The normalized spacial score (nSPS) is 11.0. The maximum Gasteiger partial charge on any atom is 0.268 e. The number of thioether (sulfide) groups is 1. The number of aromatic nitrogens is 1. The number of fused-ring (bicyclic) bond motifs is 1. The van der Waals surface area contributed by atoms with Crippen LogP contribution in [-0.2, 0) is 5.75 Å². The number of carbonyl (C=O) groups is 1. The van der Waals surface area contributed by atoms with Crippen LogP contribution in [-0.4, -0.2) is 10.9 Å². The lowest BCUT2D eigenvalue weighted by molar-refractivity contribution is 0.0952. The standard InChI is InChI=1S/C15H15N3O2S/c1-9-12(15(19)18-16)7-11(20-9)8-21-14-6-10-4-2-3-5-13(10)17-14/h2-7,17H,8,16H2,1H3,(H,18,19). The van der Waals surface area contributed by atoms with Gasteiger partial charge in [-0.05, 0) is 25.1 Å². The second kappa shape index (κ2) is 5.67. The van der Waals surface area contributed by atoms with Crippen molar-refractivity contribution in [3.8, 4) is 0 Å². The van der Waals surface area contributed by atoms with Gasteiger partial charge in [0, 0.05) is 10.9 Å². The van der Waals surface area contributed by atoms with Gasteiger partial charge in [-0.1, -0.05) is 18.2 Å². The van der Waals surface area contributed by atoms with Gasteiger partial charge >= 0.3 is 0 Å². The maximum atomic E-state index is 11.5. The van der Waals surface area contributed by atoms with Crippen molar-refractivity contribution in [2.24, 2.45) is 5.84 Å². The number of nitrogens with one attached hydrogen (secondary N) is 2. The number of rotatable bonds is 4. The Hall–Kier alpha value is -2.18. The van der Waals surface area contributed by atoms with Gasteiger partial charge in [-0.3, -0.25) is 10.2 Å². The fourth-order valence-electron chi connectivity index (χ4n) is 2.19. The molecule has 0 radical (unpaired) electrons. The molecule has 4 N–H and O–H groups in total. The Morgan fingerprint density at radius 2 is 2.19 bits per heavy atom. The van der Waals surface area contributed by atoms with Gasteiger partial charge in [0.2, 0.25) is 0 Å². The monoisotopic (exact) mass is 301 g/mol. The zero-order valence-electron chi connectivity index (χ0n) is 11.5. The molecule has 2 aromatic heterocycles. The summed E-state index contributed by atoms with van der Waals surface area (Å²) in [6.45, 7) is 1.75. The average Bonchev–Trinajstić information content (AvgIpc) is 3.07. The van der Waals surface area contributed by atoms with Crippen molar-refractivity contribution in [1.82, 2.24) is 10.4 Å². The Balaban J connectivity index is 1.74. The molecule has 108 valence electrons. The Bertz CT molecular complexity index is 758. The number of hydrogen-bond donors (Lipinski definition) is 3. The molecular weight excluding hydrogens is 286 g/mol. The summed E-state index contributed by atoms with van der Waals surface area (Å²) in [6.07, 6.45) is 0. The van der Waals surface area contributed by atoms with Gasteiger partial charge in [0.1, 0.15) is 11.5 Å². The Morgan fingerprint density at radius 3 is 2.95 bits per heavy atom. The molecule has 0 aliphatic carbocycles. The lowest BCUT2D eigenvalue weighted by Crippen LogP contribution is -2.30. The molecule has 0 aliphatic heterocycles. The second-order valence-corrected chi connectivity index (χ2v) is 5.68. The summed E-state index contributed by atoms with van der Waals surface area (Å²) in [4.78, 5) is 14.9. The minimum absolute atomic E-state index is 0.335. The van der Waals surface area contributed by atoms with Gasteiger partial charge in [0.15, 0.2) is 0 Å². The fourth-order valence-corrected chi connectivity index (χ4v) is 3.02. The first-order valence-corrected chi connectivity index (χ1v) is 7.47. The summed E-state index contributed by atoms with van der Waals surface area (Å²) in [7, 11) is 0. The van der Waals surface area contributed by atoms with Crippen LogP contribution in [0.3, 0.4) is 0 Å². The molecule has 0 aliphatic rings. The van der Waals surface area contributed by atoms with E-state index in [1.807, 2.05) is 18.2 Å². The van der Waals surface area contributed by atoms with Crippen molar-refractivity contribution in [2.45, 2.75) is 17.7 Å². The summed E-state index contributed by atoms with van der Waals surface area (Å²) in [5.74, 6) is 6.77. The van der Waals surface area contributed by atoms with Gasteiger partial charge < -0.3 is 9.40 Å². The largest absolute Gasteiger partial charge is 0.465 e. The van der Waals surface area contributed by atoms with E-state index in [1.165, 1.54) is 5.39 Å². The van der Waals surface area contributed by atoms with Crippen molar-refractivity contribution < 1.29 is 9.21 Å². The first-order valence-electron chi connectivity index (χ1n) is 6.48. The number of furan rings is 1. The highest BCUT2D eigenvalue weighted by molar-refractivity contribution is 7.98. The van der Waals surface area contributed by atoms with Gasteiger partial charge in [0.05, 0.1) is 16.3 Å². The number of amides is 1. The molecule has 0 spiro atoms. The number of H-pyrrole nitrogens is 1. The third-order valence-electron chi connectivity index (χ3n) is 3.22. The lowest BCUT2D eigenvalue weighted by atomic mass is 10.2. The number of para-hydroxylation sites is 1. The molecule has 1 amide bonds. The van der Waals surface area contributed by atoms with Crippen molar-refractivity contribution in [3.05, 3.63) is 53.5 Å². The number of nitrogens with two attached hydrogens (primary N) is 1. The van der Waals surface area contributed by atoms with Crippen LogP contribution in [0.1, 0.15) is 21.9 Å². The first kappa shape index (κ1) is 13.8. The van der Waals surface area contributed by atoms with E-state index in [-0.39, 0.29) is 5.91 Å². The van der Waals surface area contributed by atoms with E-state index in [4.69, 9.17) is 10.3 Å². The summed E-state index contributed by atoms with van der Waals surface area (Å²) in [6, 6.07) is 12.0. The number of benzene rings is 1. The predicted octanol–water partition coefficient (Wildman–Crippen LogP) is 2.97. The minimum Gasteiger partial charge on any atom is -0.465 e. The molecule has 5 nitrogen and oxygen atoms in total. The zero-order valence-corrected chi connectivity index (χ0v) is 12.3. The molecule has 0 saturated heterocycles. The third-order valence-corrected chi connectivity index (χ3v) is 4.18. The molecule has 6 heteroatoms. The van der Waals surface area contributed by atoms with Crippen LogP contribution >= 0.6 is 11.8 Å². The number of hydrogen-bond acceptors (Lipinski definition) is 4. The molecule has 0 atom stereocenters. The molecule has 3 aromatic rings. The Labute approximate surface area is 125 Å². The number of nitrogen functional groups attached to an aromatic ring is 1. The van der Waals surface area contributed by atoms with Crippen LogP contribution in [0.4, 0.5) is 0 Å². The van der Waals surface area contributed by atoms with Crippen molar-refractivity contribution in [3.63, 3.8) is 0 Å². The zero-order chi connectivity index (χ0) is 14.8. The molecule has 0 bridgehead atoms. The maximum absolute atomic E-state index is 11.5. The molecule has 3 rings (SSSR count). The van der Waals surface area contributed by atoms with Gasteiger partial charge in [-0.15, -0.1) is 11.8 Å².